The van der Waals surface area contributed by atoms with Gasteiger partial charge in [0.2, 0.25) is 0 Å². The predicted molar refractivity (Wildman–Crippen MR) is 76.7 cm³/mol. The van der Waals surface area contributed by atoms with Gasteiger partial charge in [-0.05, 0) is 30.2 Å². The number of benzene rings is 1. The van der Waals surface area contributed by atoms with Crippen LogP contribution in [0.15, 0.2) is 18.2 Å². The van der Waals surface area contributed by atoms with Gasteiger partial charge in [-0.3, -0.25) is 0 Å². The highest BCUT2D eigenvalue weighted by atomic mass is 35.5. The lowest BCUT2D eigenvalue weighted by Crippen LogP contribution is -2.29. The van der Waals surface area contributed by atoms with E-state index in [9.17, 15) is 13.2 Å². The second kappa shape index (κ2) is 6.15. The third-order valence-electron chi connectivity index (χ3n) is 4.24. The van der Waals surface area contributed by atoms with Crippen LogP contribution in [0.25, 0.3) is 0 Å². The quantitative estimate of drug-likeness (QED) is 0.820. The van der Waals surface area contributed by atoms with E-state index in [4.69, 9.17) is 4.74 Å². The zero-order valence-corrected chi connectivity index (χ0v) is 12.6. The molecule has 0 radical (unpaired) electrons. The molecule has 2 nitrogen and oxygen atoms in total. The van der Waals surface area contributed by atoms with Crippen LogP contribution in [0.4, 0.5) is 13.2 Å². The molecular weight excluding hydrogens is 303 g/mol. The van der Waals surface area contributed by atoms with Gasteiger partial charge >= 0.3 is 6.18 Å². The smallest absolute Gasteiger partial charge is 0.371 e. The van der Waals surface area contributed by atoms with Crippen LogP contribution in [0.3, 0.4) is 0 Å². The summed E-state index contributed by atoms with van der Waals surface area (Å²) in [4.78, 5) is 2.28. The number of fused-ring (bicyclic) bond motifs is 3. The first-order chi connectivity index (χ1) is 9.50. The Hall–Kier alpha value is -0.780. The molecule has 1 aromatic carbocycles. The van der Waals surface area contributed by atoms with Crippen LogP contribution < -0.4 is 0 Å². The van der Waals surface area contributed by atoms with Gasteiger partial charge in [-0.15, -0.1) is 12.4 Å². The van der Waals surface area contributed by atoms with Crippen molar-refractivity contribution in [3.05, 3.63) is 34.9 Å². The van der Waals surface area contributed by atoms with Crippen LogP contribution in [0.1, 0.15) is 36.0 Å². The largest absolute Gasteiger partial charge is 0.416 e. The zero-order valence-electron chi connectivity index (χ0n) is 11.8. The van der Waals surface area contributed by atoms with Crippen LogP contribution >= 0.6 is 12.4 Å². The molecule has 0 saturated carbocycles. The van der Waals surface area contributed by atoms with Gasteiger partial charge in [-0.2, -0.15) is 13.2 Å². The van der Waals surface area contributed by atoms with Crippen molar-refractivity contribution in [2.45, 2.75) is 38.1 Å². The van der Waals surface area contributed by atoms with Crippen LogP contribution in [-0.4, -0.2) is 30.6 Å². The van der Waals surface area contributed by atoms with Gasteiger partial charge in [0, 0.05) is 19.0 Å². The van der Waals surface area contributed by atoms with Gasteiger partial charge < -0.3 is 9.64 Å². The molecule has 118 valence electrons. The van der Waals surface area contributed by atoms with Crippen LogP contribution in [0.2, 0.25) is 0 Å². The van der Waals surface area contributed by atoms with E-state index in [0.29, 0.717) is 5.56 Å². The Labute approximate surface area is 128 Å². The molecule has 6 heteroatoms. The highest BCUT2D eigenvalue weighted by Crippen LogP contribution is 2.42. The zero-order chi connectivity index (χ0) is 14.3. The molecule has 2 atom stereocenters. The fourth-order valence-electron chi connectivity index (χ4n) is 3.39. The lowest BCUT2D eigenvalue weighted by atomic mass is 9.87. The number of nitrogens with zero attached hydrogens (tertiary/aromatic N) is 1. The second-order valence-electron chi connectivity index (χ2n) is 5.59. The fraction of sp³-hybridized carbons (Fsp3) is 0.600. The molecule has 0 bridgehead atoms. The number of hydrogen-bond acceptors (Lipinski definition) is 2. The van der Waals surface area contributed by atoms with Crippen LogP contribution in [0.5, 0.6) is 0 Å². The van der Waals surface area contributed by atoms with E-state index in [1.165, 1.54) is 6.07 Å². The van der Waals surface area contributed by atoms with Gasteiger partial charge in [0.05, 0.1) is 18.3 Å². The highest BCUT2D eigenvalue weighted by Gasteiger charge is 2.42. The first-order valence-corrected chi connectivity index (χ1v) is 7.03. The summed E-state index contributed by atoms with van der Waals surface area (Å²) in [6.45, 7) is 4.79. The second-order valence-corrected chi connectivity index (χ2v) is 5.59. The summed E-state index contributed by atoms with van der Waals surface area (Å²) in [6.07, 6.45) is -3.21. The molecule has 0 aromatic heterocycles. The summed E-state index contributed by atoms with van der Waals surface area (Å²) < 4.78 is 44.9. The van der Waals surface area contributed by atoms with E-state index in [1.807, 2.05) is 6.07 Å². The molecule has 2 heterocycles. The molecule has 2 aliphatic rings. The standard InChI is InChI=1S/C15H18F3NO.ClH/c1-2-6-19-7-11-10-4-3-5-13(15(16,17)18)12(10)9-20-14(11)8-19;/h3-5,11,14H,2,6-9H2,1H3;1H/t11-,14-;/m1./s1. The molecule has 0 amide bonds. The van der Waals surface area contributed by atoms with E-state index >= 15 is 0 Å². The average molecular weight is 322 g/mol. The molecule has 0 N–H and O–H groups in total. The summed E-state index contributed by atoms with van der Waals surface area (Å²) in [6, 6.07) is 4.51. The minimum Gasteiger partial charge on any atom is -0.371 e. The van der Waals surface area contributed by atoms with E-state index in [1.54, 1.807) is 0 Å². The summed E-state index contributed by atoms with van der Waals surface area (Å²) in [5, 5.41) is 0. The van der Waals surface area contributed by atoms with Crippen molar-refractivity contribution in [3.63, 3.8) is 0 Å². The molecule has 1 aromatic rings. The van der Waals surface area contributed by atoms with Gasteiger partial charge in [-0.1, -0.05) is 19.1 Å². The summed E-state index contributed by atoms with van der Waals surface area (Å²) in [5.74, 6) is 0.0765. The molecule has 2 aliphatic heterocycles. The lowest BCUT2D eigenvalue weighted by Gasteiger charge is -2.29. The number of ether oxygens (including phenoxy) is 1. The van der Waals surface area contributed by atoms with Crippen molar-refractivity contribution in [2.75, 3.05) is 19.6 Å². The maximum Gasteiger partial charge on any atom is 0.416 e. The molecular formula is C15H19ClF3NO. The number of halogens is 4. The van der Waals surface area contributed by atoms with E-state index < -0.39 is 11.7 Å². The third kappa shape index (κ3) is 3.05. The monoisotopic (exact) mass is 321 g/mol. The fourth-order valence-corrected chi connectivity index (χ4v) is 3.39. The first kappa shape index (κ1) is 16.6. The van der Waals surface area contributed by atoms with Crippen molar-refractivity contribution in [2.24, 2.45) is 0 Å². The Bertz CT molecular complexity index is 506. The summed E-state index contributed by atoms with van der Waals surface area (Å²) in [5.41, 5.74) is 0.622. The number of likely N-dealkylation sites (tertiary alicyclic amines) is 1. The normalized spacial score (nSPS) is 25.1. The van der Waals surface area contributed by atoms with E-state index in [2.05, 4.69) is 11.8 Å². The van der Waals surface area contributed by atoms with E-state index in [-0.39, 0.29) is 31.0 Å². The highest BCUT2D eigenvalue weighted by molar-refractivity contribution is 5.85. The molecule has 1 fully saturated rings. The third-order valence-corrected chi connectivity index (χ3v) is 4.24. The average Bonchev–Trinajstić information content (AvgIpc) is 2.80. The van der Waals surface area contributed by atoms with Crippen LogP contribution in [-0.2, 0) is 17.5 Å². The summed E-state index contributed by atoms with van der Waals surface area (Å²) >= 11 is 0. The molecule has 3 rings (SSSR count). The maximum atomic E-state index is 13.1. The van der Waals surface area contributed by atoms with Crippen molar-refractivity contribution in [1.82, 2.24) is 4.90 Å². The van der Waals surface area contributed by atoms with Gasteiger partial charge in [0.15, 0.2) is 0 Å². The Morgan fingerprint density at radius 2 is 2.05 bits per heavy atom. The number of hydrogen-bond donors (Lipinski definition) is 0. The molecule has 21 heavy (non-hydrogen) atoms. The van der Waals surface area contributed by atoms with Crippen molar-refractivity contribution >= 4 is 12.4 Å². The minimum atomic E-state index is -4.30. The Morgan fingerprint density at radius 3 is 2.71 bits per heavy atom. The molecule has 0 unspecified atom stereocenters. The van der Waals surface area contributed by atoms with Gasteiger partial charge in [-0.25, -0.2) is 0 Å². The minimum absolute atomic E-state index is 0. The van der Waals surface area contributed by atoms with Crippen LogP contribution in [0, 0.1) is 0 Å². The van der Waals surface area contributed by atoms with Gasteiger partial charge in [0.25, 0.3) is 0 Å². The van der Waals surface area contributed by atoms with Gasteiger partial charge in [0.1, 0.15) is 0 Å². The van der Waals surface area contributed by atoms with E-state index in [0.717, 1.165) is 37.7 Å². The Kier molecular flexibility index (Phi) is 4.85. The Balaban J connectivity index is 0.00000161. The molecule has 0 spiro atoms. The predicted octanol–water partition coefficient (Wildman–Crippen LogP) is 3.84. The van der Waals surface area contributed by atoms with Crippen molar-refractivity contribution < 1.29 is 17.9 Å². The summed E-state index contributed by atoms with van der Waals surface area (Å²) in [7, 11) is 0. The molecule has 0 aliphatic carbocycles. The topological polar surface area (TPSA) is 12.5 Å². The lowest BCUT2D eigenvalue weighted by molar-refractivity contribution is -0.139. The number of alkyl halides is 3. The maximum absolute atomic E-state index is 13.1. The number of rotatable bonds is 2. The first-order valence-electron chi connectivity index (χ1n) is 7.03. The SMILES string of the molecule is CCCN1C[C@@H]2c3cccc(C(F)(F)F)c3CO[C@@H]2C1.Cl. The molecule has 1 saturated heterocycles. The Morgan fingerprint density at radius 1 is 1.29 bits per heavy atom. The van der Waals surface area contributed by atoms with Crippen molar-refractivity contribution in [3.8, 4) is 0 Å². The van der Waals surface area contributed by atoms with Crippen molar-refractivity contribution in [1.29, 1.82) is 0 Å².